The first kappa shape index (κ1) is 11.5. The Morgan fingerprint density at radius 3 is 2.83 bits per heavy atom. The second kappa shape index (κ2) is 4.24. The first-order valence-corrected chi connectivity index (χ1v) is 6.10. The first-order valence-electron chi connectivity index (χ1n) is 6.10. The Balaban J connectivity index is 1.70. The second-order valence-corrected chi connectivity index (χ2v) is 4.96. The molecule has 0 aromatic heterocycles. The lowest BCUT2D eigenvalue weighted by Crippen LogP contribution is -2.36. The fraction of sp³-hybridized carbons (Fsp3) is 0.462. The van der Waals surface area contributed by atoms with Crippen LogP contribution in [-0.2, 0) is 11.3 Å². The molecule has 0 saturated carbocycles. The molecule has 5 heteroatoms. The molecule has 2 heterocycles. The third-order valence-electron chi connectivity index (χ3n) is 3.53. The molecule has 0 aliphatic carbocycles. The molecule has 1 atom stereocenters. The minimum absolute atomic E-state index is 0.265. The molecule has 2 aliphatic heterocycles. The van der Waals surface area contributed by atoms with Crippen molar-refractivity contribution >= 4 is 6.09 Å². The zero-order valence-corrected chi connectivity index (χ0v) is 9.99. The lowest BCUT2D eigenvalue weighted by Gasteiger charge is -2.19. The molecule has 1 spiro atoms. The Kier molecular flexibility index (Phi) is 2.70. The average Bonchev–Trinajstić information content (AvgIpc) is 2.91. The van der Waals surface area contributed by atoms with Crippen molar-refractivity contribution in [2.75, 3.05) is 19.6 Å². The number of ether oxygens (including phenoxy) is 1. The van der Waals surface area contributed by atoms with Crippen LogP contribution >= 0.6 is 0 Å². The van der Waals surface area contributed by atoms with Gasteiger partial charge >= 0.3 is 6.09 Å². The van der Waals surface area contributed by atoms with Crippen molar-refractivity contribution in [2.45, 2.75) is 18.6 Å². The number of hydrogen-bond acceptors (Lipinski definition) is 3. The van der Waals surface area contributed by atoms with E-state index in [0.717, 1.165) is 25.1 Å². The van der Waals surface area contributed by atoms with Crippen LogP contribution in [0.4, 0.5) is 9.18 Å². The fourth-order valence-corrected chi connectivity index (χ4v) is 2.57. The Labute approximate surface area is 105 Å². The highest BCUT2D eigenvalue weighted by Crippen LogP contribution is 2.29. The van der Waals surface area contributed by atoms with E-state index < -0.39 is 0 Å². The van der Waals surface area contributed by atoms with Gasteiger partial charge in [0, 0.05) is 19.5 Å². The van der Waals surface area contributed by atoms with Crippen molar-refractivity contribution in [1.82, 2.24) is 10.2 Å². The van der Waals surface area contributed by atoms with Crippen molar-refractivity contribution in [3.8, 4) is 0 Å². The highest BCUT2D eigenvalue weighted by molar-refractivity contribution is 5.71. The van der Waals surface area contributed by atoms with Gasteiger partial charge in [0.1, 0.15) is 11.4 Å². The molecule has 18 heavy (non-hydrogen) atoms. The number of hydrogen-bond donors (Lipinski definition) is 1. The highest BCUT2D eigenvalue weighted by Gasteiger charge is 2.46. The van der Waals surface area contributed by atoms with Gasteiger partial charge < -0.3 is 10.1 Å². The highest BCUT2D eigenvalue weighted by atomic mass is 19.1. The minimum Gasteiger partial charge on any atom is -0.439 e. The lowest BCUT2D eigenvalue weighted by atomic mass is 10.0. The van der Waals surface area contributed by atoms with E-state index in [1.54, 1.807) is 17.0 Å². The lowest BCUT2D eigenvalue weighted by molar-refractivity contribution is 0.0727. The van der Waals surface area contributed by atoms with E-state index in [-0.39, 0.29) is 17.5 Å². The Morgan fingerprint density at radius 1 is 1.39 bits per heavy atom. The van der Waals surface area contributed by atoms with Crippen LogP contribution in [0, 0.1) is 5.82 Å². The number of benzene rings is 1. The number of rotatable bonds is 2. The summed E-state index contributed by atoms with van der Waals surface area (Å²) >= 11 is 0. The minimum atomic E-state index is -0.350. The summed E-state index contributed by atoms with van der Waals surface area (Å²) in [5, 5.41) is 3.21. The molecule has 4 nitrogen and oxygen atoms in total. The molecule has 1 aromatic carbocycles. The van der Waals surface area contributed by atoms with Gasteiger partial charge in [-0.3, -0.25) is 4.90 Å². The summed E-state index contributed by atoms with van der Waals surface area (Å²) in [4.78, 5) is 13.5. The quantitative estimate of drug-likeness (QED) is 0.865. The predicted molar refractivity (Wildman–Crippen MR) is 63.5 cm³/mol. The van der Waals surface area contributed by atoms with Gasteiger partial charge in [-0.1, -0.05) is 12.1 Å². The largest absolute Gasteiger partial charge is 0.439 e. The summed E-state index contributed by atoms with van der Waals surface area (Å²) in [6.07, 6.45) is 0.585. The normalized spacial score (nSPS) is 26.9. The first-order chi connectivity index (χ1) is 8.67. The van der Waals surface area contributed by atoms with Crippen LogP contribution in [0.25, 0.3) is 0 Å². The molecule has 1 N–H and O–H groups in total. The van der Waals surface area contributed by atoms with E-state index >= 15 is 0 Å². The fourth-order valence-electron chi connectivity index (χ4n) is 2.57. The molecule has 1 aromatic rings. The molecule has 0 radical (unpaired) electrons. The van der Waals surface area contributed by atoms with E-state index in [1.165, 1.54) is 12.1 Å². The van der Waals surface area contributed by atoms with E-state index in [4.69, 9.17) is 4.74 Å². The van der Waals surface area contributed by atoms with Gasteiger partial charge in [-0.15, -0.1) is 0 Å². The van der Waals surface area contributed by atoms with Gasteiger partial charge in [0.25, 0.3) is 0 Å². The Hall–Kier alpha value is -1.62. The van der Waals surface area contributed by atoms with E-state index in [2.05, 4.69) is 5.32 Å². The van der Waals surface area contributed by atoms with E-state index in [0.29, 0.717) is 13.1 Å². The van der Waals surface area contributed by atoms with E-state index in [1.807, 2.05) is 0 Å². The SMILES string of the molecule is O=C1OC2(CCNC2)CN1Cc1ccc(F)cc1. The zero-order chi connectivity index (χ0) is 12.6. The maximum atomic E-state index is 12.8. The number of carbonyl (C=O) groups is 1. The molecular weight excluding hydrogens is 235 g/mol. The predicted octanol–water partition coefficient (Wildman–Crippen LogP) is 1.51. The van der Waals surface area contributed by atoms with Crippen LogP contribution in [0.1, 0.15) is 12.0 Å². The molecule has 1 amide bonds. The summed E-state index contributed by atoms with van der Waals surface area (Å²) in [5.41, 5.74) is 0.563. The van der Waals surface area contributed by atoms with Crippen LogP contribution in [0.3, 0.4) is 0 Å². The van der Waals surface area contributed by atoms with Crippen LogP contribution in [0.5, 0.6) is 0 Å². The molecule has 0 bridgehead atoms. The molecule has 96 valence electrons. The van der Waals surface area contributed by atoms with Crippen LogP contribution in [0.15, 0.2) is 24.3 Å². The number of carbonyl (C=O) groups excluding carboxylic acids is 1. The second-order valence-electron chi connectivity index (χ2n) is 4.96. The zero-order valence-electron chi connectivity index (χ0n) is 9.99. The van der Waals surface area contributed by atoms with Crippen LogP contribution in [-0.4, -0.2) is 36.2 Å². The third kappa shape index (κ3) is 2.06. The third-order valence-corrected chi connectivity index (χ3v) is 3.53. The average molecular weight is 250 g/mol. The Morgan fingerprint density at radius 2 is 2.17 bits per heavy atom. The number of halogens is 1. The topological polar surface area (TPSA) is 41.6 Å². The maximum Gasteiger partial charge on any atom is 0.410 e. The monoisotopic (exact) mass is 250 g/mol. The summed E-state index contributed by atoms with van der Waals surface area (Å²) in [6, 6.07) is 6.20. The van der Waals surface area contributed by atoms with Gasteiger partial charge in [-0.25, -0.2) is 9.18 Å². The molecule has 2 fully saturated rings. The van der Waals surface area contributed by atoms with Crippen molar-refractivity contribution in [3.63, 3.8) is 0 Å². The van der Waals surface area contributed by atoms with Crippen LogP contribution < -0.4 is 5.32 Å². The summed E-state index contributed by atoms with van der Waals surface area (Å²) < 4.78 is 18.3. The molecule has 2 saturated heterocycles. The number of nitrogens with zero attached hydrogens (tertiary/aromatic N) is 1. The van der Waals surface area contributed by atoms with Crippen molar-refractivity contribution in [3.05, 3.63) is 35.6 Å². The maximum absolute atomic E-state index is 12.8. The van der Waals surface area contributed by atoms with Crippen molar-refractivity contribution < 1.29 is 13.9 Å². The Bertz CT molecular complexity index is 455. The van der Waals surface area contributed by atoms with Gasteiger partial charge in [0.2, 0.25) is 0 Å². The molecular formula is C13H15FN2O2. The smallest absolute Gasteiger partial charge is 0.410 e. The molecule has 1 unspecified atom stereocenters. The molecule has 2 aliphatic rings. The molecule has 3 rings (SSSR count). The summed E-state index contributed by atoms with van der Waals surface area (Å²) in [6.45, 7) is 2.69. The number of nitrogens with one attached hydrogen (secondary N) is 1. The number of amides is 1. The summed E-state index contributed by atoms with van der Waals surface area (Å²) in [7, 11) is 0. The van der Waals surface area contributed by atoms with E-state index in [9.17, 15) is 9.18 Å². The van der Waals surface area contributed by atoms with Crippen molar-refractivity contribution in [1.29, 1.82) is 0 Å². The van der Waals surface area contributed by atoms with Gasteiger partial charge in [-0.05, 0) is 24.2 Å². The van der Waals surface area contributed by atoms with Gasteiger partial charge in [0.15, 0.2) is 0 Å². The summed E-state index contributed by atoms with van der Waals surface area (Å²) in [5.74, 6) is -0.265. The van der Waals surface area contributed by atoms with Crippen molar-refractivity contribution in [2.24, 2.45) is 0 Å². The standard InChI is InChI=1S/C13H15FN2O2/c14-11-3-1-10(2-4-11)7-16-9-13(18-12(16)17)5-6-15-8-13/h1-4,15H,5-9H2. The van der Waals surface area contributed by atoms with Gasteiger partial charge in [-0.2, -0.15) is 0 Å². The van der Waals surface area contributed by atoms with Crippen LogP contribution in [0.2, 0.25) is 0 Å². The van der Waals surface area contributed by atoms with Gasteiger partial charge in [0.05, 0.1) is 6.54 Å².